The second-order valence-electron chi connectivity index (χ2n) is 7.62. The second kappa shape index (κ2) is 10.6. The van der Waals surface area contributed by atoms with Crippen molar-refractivity contribution in [3.05, 3.63) is 58.1 Å². The zero-order chi connectivity index (χ0) is 21.5. The number of carbonyl (C=O) groups is 2. The molecule has 1 N–H and O–H groups in total. The molecule has 160 valence electrons. The summed E-state index contributed by atoms with van der Waals surface area (Å²) < 4.78 is 11.8. The van der Waals surface area contributed by atoms with Gasteiger partial charge in [-0.05, 0) is 64.7 Å². The van der Waals surface area contributed by atoms with Crippen LogP contribution in [0.2, 0.25) is 0 Å². The predicted octanol–water partition coefficient (Wildman–Crippen LogP) is 4.60. The van der Waals surface area contributed by atoms with Crippen molar-refractivity contribution in [2.24, 2.45) is 5.92 Å². The number of anilines is 1. The highest BCUT2D eigenvalue weighted by atomic mass is 79.9. The van der Waals surface area contributed by atoms with Crippen molar-refractivity contribution >= 4 is 33.4 Å². The summed E-state index contributed by atoms with van der Waals surface area (Å²) in [6.45, 7) is 7.18. The van der Waals surface area contributed by atoms with E-state index in [2.05, 4.69) is 35.1 Å². The Morgan fingerprint density at radius 3 is 2.60 bits per heavy atom. The van der Waals surface area contributed by atoms with Crippen molar-refractivity contribution in [3.63, 3.8) is 0 Å². The summed E-state index contributed by atoms with van der Waals surface area (Å²) in [4.78, 5) is 27.1. The maximum atomic E-state index is 12.7. The Morgan fingerprint density at radius 2 is 1.90 bits per heavy atom. The average molecular weight is 475 g/mol. The van der Waals surface area contributed by atoms with E-state index in [4.69, 9.17) is 9.47 Å². The summed E-state index contributed by atoms with van der Waals surface area (Å²) in [6, 6.07) is 12.3. The molecule has 3 rings (SSSR count). The third kappa shape index (κ3) is 6.06. The Balaban J connectivity index is 1.64. The van der Waals surface area contributed by atoms with Gasteiger partial charge >= 0.3 is 0 Å². The number of nitrogens with one attached hydrogen (secondary N) is 1. The smallest absolute Gasteiger partial charge is 0.255 e. The van der Waals surface area contributed by atoms with Crippen LogP contribution < -0.4 is 10.1 Å². The van der Waals surface area contributed by atoms with Gasteiger partial charge in [-0.25, -0.2) is 0 Å². The fraction of sp³-hybridized carbons (Fsp3) is 0.391. The fourth-order valence-electron chi connectivity index (χ4n) is 3.05. The summed E-state index contributed by atoms with van der Waals surface area (Å²) in [5.74, 6) is 0.977. The second-order valence-corrected chi connectivity index (χ2v) is 8.47. The average Bonchev–Trinajstić information content (AvgIpc) is 2.75. The number of halogens is 1. The summed E-state index contributed by atoms with van der Waals surface area (Å²) in [7, 11) is 0. The van der Waals surface area contributed by atoms with E-state index in [1.807, 2.05) is 0 Å². The van der Waals surface area contributed by atoms with Gasteiger partial charge in [0.05, 0.1) is 24.3 Å². The van der Waals surface area contributed by atoms with Gasteiger partial charge in [-0.15, -0.1) is 0 Å². The zero-order valence-electron chi connectivity index (χ0n) is 17.3. The van der Waals surface area contributed by atoms with Crippen molar-refractivity contribution < 1.29 is 19.1 Å². The van der Waals surface area contributed by atoms with E-state index in [1.165, 1.54) is 0 Å². The molecule has 0 saturated carbocycles. The Hall–Kier alpha value is -2.38. The van der Waals surface area contributed by atoms with Crippen LogP contribution in [0.5, 0.6) is 5.75 Å². The first kappa shape index (κ1) is 22.3. The van der Waals surface area contributed by atoms with Crippen LogP contribution in [0.4, 0.5) is 5.69 Å². The Labute approximate surface area is 185 Å². The number of amides is 2. The third-order valence-electron chi connectivity index (χ3n) is 4.81. The minimum atomic E-state index is -0.250. The normalized spacial score (nSPS) is 13.9. The molecule has 1 saturated heterocycles. The molecule has 7 heteroatoms. The number of ether oxygens (including phenoxy) is 2. The summed E-state index contributed by atoms with van der Waals surface area (Å²) in [5.41, 5.74) is 1.63. The molecule has 1 aliphatic heterocycles. The molecule has 0 radical (unpaired) electrons. The molecule has 30 heavy (non-hydrogen) atoms. The van der Waals surface area contributed by atoms with Crippen LogP contribution in [0.3, 0.4) is 0 Å². The van der Waals surface area contributed by atoms with Gasteiger partial charge in [-0.2, -0.15) is 0 Å². The molecule has 2 aromatic carbocycles. The highest BCUT2D eigenvalue weighted by molar-refractivity contribution is 9.10. The number of hydrogen-bond donors (Lipinski definition) is 1. The molecule has 6 nitrogen and oxygen atoms in total. The van der Waals surface area contributed by atoms with Crippen LogP contribution in [-0.2, 0) is 4.74 Å². The van der Waals surface area contributed by atoms with E-state index in [9.17, 15) is 9.59 Å². The van der Waals surface area contributed by atoms with E-state index in [0.29, 0.717) is 61.4 Å². The minimum Gasteiger partial charge on any atom is -0.492 e. The molecule has 0 bridgehead atoms. The lowest BCUT2D eigenvalue weighted by Crippen LogP contribution is -2.40. The maximum absolute atomic E-state index is 12.7. The van der Waals surface area contributed by atoms with E-state index >= 15 is 0 Å². The van der Waals surface area contributed by atoms with Gasteiger partial charge in [-0.1, -0.05) is 19.9 Å². The predicted molar refractivity (Wildman–Crippen MR) is 120 cm³/mol. The van der Waals surface area contributed by atoms with Gasteiger partial charge in [0.15, 0.2) is 0 Å². The van der Waals surface area contributed by atoms with Crippen molar-refractivity contribution in [1.29, 1.82) is 0 Å². The molecule has 2 aromatic rings. The number of nitrogens with zero attached hydrogens (tertiary/aromatic N) is 1. The molecular formula is C23H27BrN2O4. The quantitative estimate of drug-likeness (QED) is 0.636. The first-order chi connectivity index (χ1) is 14.4. The first-order valence-electron chi connectivity index (χ1n) is 10.1. The van der Waals surface area contributed by atoms with Crippen molar-refractivity contribution in [1.82, 2.24) is 4.90 Å². The van der Waals surface area contributed by atoms with Gasteiger partial charge in [0.25, 0.3) is 11.8 Å². The Bertz CT molecular complexity index is 895. The van der Waals surface area contributed by atoms with Crippen LogP contribution in [0.1, 0.15) is 41.0 Å². The van der Waals surface area contributed by atoms with Crippen LogP contribution in [-0.4, -0.2) is 49.6 Å². The van der Waals surface area contributed by atoms with Crippen molar-refractivity contribution in [3.8, 4) is 5.75 Å². The lowest BCUT2D eigenvalue weighted by molar-refractivity contribution is 0.0303. The van der Waals surface area contributed by atoms with E-state index < -0.39 is 0 Å². The number of carbonyl (C=O) groups excluding carboxylic acids is 2. The van der Waals surface area contributed by atoms with Gasteiger partial charge < -0.3 is 19.7 Å². The highest BCUT2D eigenvalue weighted by Crippen LogP contribution is 2.27. The van der Waals surface area contributed by atoms with Crippen molar-refractivity contribution in [2.45, 2.75) is 20.3 Å². The summed E-state index contributed by atoms with van der Waals surface area (Å²) in [5, 5.41) is 2.87. The first-order valence-corrected chi connectivity index (χ1v) is 10.9. The molecule has 1 fully saturated rings. The van der Waals surface area contributed by atoms with Crippen LogP contribution in [0, 0.1) is 5.92 Å². The van der Waals surface area contributed by atoms with Crippen LogP contribution >= 0.6 is 15.9 Å². The molecule has 0 unspecified atom stereocenters. The molecule has 0 spiro atoms. The molecular weight excluding hydrogens is 448 g/mol. The Kier molecular flexibility index (Phi) is 7.87. The molecule has 1 heterocycles. The van der Waals surface area contributed by atoms with Gasteiger partial charge in [-0.3, -0.25) is 9.59 Å². The molecule has 2 amide bonds. The van der Waals surface area contributed by atoms with Crippen LogP contribution in [0.15, 0.2) is 46.9 Å². The SMILES string of the molecule is CC(C)CCOc1ccc(C(=O)Nc2cccc(C(=O)N3CCOCC3)c2)cc1Br. The maximum Gasteiger partial charge on any atom is 0.255 e. The standard InChI is InChI=1S/C23H27BrN2O4/c1-16(2)8-11-30-21-7-6-17(15-20(21)24)22(27)25-19-5-3-4-18(14-19)23(28)26-9-12-29-13-10-26/h3-7,14-16H,8-13H2,1-2H3,(H,25,27). The van der Waals surface area contributed by atoms with Gasteiger partial charge in [0.1, 0.15) is 5.75 Å². The molecule has 0 aromatic heterocycles. The Morgan fingerprint density at radius 1 is 1.13 bits per heavy atom. The molecule has 0 atom stereocenters. The summed E-state index contributed by atoms with van der Waals surface area (Å²) >= 11 is 3.48. The van der Waals surface area contributed by atoms with E-state index in [1.54, 1.807) is 47.4 Å². The monoisotopic (exact) mass is 474 g/mol. The van der Waals surface area contributed by atoms with Gasteiger partial charge in [0, 0.05) is 29.9 Å². The van der Waals surface area contributed by atoms with E-state index in [0.717, 1.165) is 10.9 Å². The topological polar surface area (TPSA) is 67.9 Å². The zero-order valence-corrected chi connectivity index (χ0v) is 18.9. The number of morpholine rings is 1. The fourth-order valence-corrected chi connectivity index (χ4v) is 3.54. The number of benzene rings is 2. The minimum absolute atomic E-state index is 0.0555. The number of rotatable bonds is 7. The lowest BCUT2D eigenvalue weighted by Gasteiger charge is -2.27. The summed E-state index contributed by atoms with van der Waals surface area (Å²) in [6.07, 6.45) is 0.966. The number of hydrogen-bond acceptors (Lipinski definition) is 4. The van der Waals surface area contributed by atoms with Crippen molar-refractivity contribution in [2.75, 3.05) is 38.2 Å². The third-order valence-corrected chi connectivity index (χ3v) is 5.43. The van der Waals surface area contributed by atoms with E-state index in [-0.39, 0.29) is 11.8 Å². The lowest BCUT2D eigenvalue weighted by atomic mass is 10.1. The largest absolute Gasteiger partial charge is 0.492 e. The molecule has 1 aliphatic rings. The van der Waals surface area contributed by atoms with Crippen LogP contribution in [0.25, 0.3) is 0 Å². The molecule has 0 aliphatic carbocycles. The van der Waals surface area contributed by atoms with Gasteiger partial charge in [0.2, 0.25) is 0 Å². The highest BCUT2D eigenvalue weighted by Gasteiger charge is 2.19.